The Morgan fingerprint density at radius 1 is 1.14 bits per heavy atom. The SMILES string of the molecule is Cc1ccc2nc(CNC34CC5CC(CC(C5)C3)C4)[nH]c2c1. The van der Waals surface area contributed by atoms with Crippen molar-refractivity contribution in [2.75, 3.05) is 0 Å². The Labute approximate surface area is 131 Å². The van der Waals surface area contributed by atoms with E-state index in [1.807, 2.05) is 0 Å². The molecule has 116 valence electrons. The van der Waals surface area contributed by atoms with Crippen molar-refractivity contribution < 1.29 is 0 Å². The molecule has 2 N–H and O–H groups in total. The van der Waals surface area contributed by atoms with Crippen molar-refractivity contribution in [3.63, 3.8) is 0 Å². The molecule has 4 saturated carbocycles. The number of aryl methyl sites for hydroxylation is 1. The second-order valence-electron chi connectivity index (χ2n) is 8.26. The van der Waals surface area contributed by atoms with Gasteiger partial charge in [-0.1, -0.05) is 6.07 Å². The molecule has 4 aliphatic carbocycles. The number of H-pyrrole nitrogens is 1. The lowest BCUT2D eigenvalue weighted by atomic mass is 9.53. The molecule has 1 heterocycles. The van der Waals surface area contributed by atoms with E-state index in [1.54, 1.807) is 0 Å². The largest absolute Gasteiger partial charge is 0.341 e. The number of hydrogen-bond acceptors (Lipinski definition) is 2. The maximum absolute atomic E-state index is 4.75. The molecule has 4 aliphatic rings. The highest BCUT2D eigenvalue weighted by Gasteiger charge is 2.50. The number of nitrogens with one attached hydrogen (secondary N) is 2. The summed E-state index contributed by atoms with van der Waals surface area (Å²) < 4.78 is 0. The summed E-state index contributed by atoms with van der Waals surface area (Å²) in [7, 11) is 0. The quantitative estimate of drug-likeness (QED) is 0.900. The third kappa shape index (κ3) is 2.10. The molecule has 0 spiro atoms. The third-order valence-electron chi connectivity index (χ3n) is 6.36. The van der Waals surface area contributed by atoms with Crippen molar-refractivity contribution >= 4 is 11.0 Å². The molecular weight excluding hydrogens is 270 g/mol. The molecule has 0 amide bonds. The standard InChI is InChI=1S/C19H25N3/c1-12-2-3-16-17(4-12)22-18(21-16)11-20-19-8-13-5-14(9-19)7-15(6-13)10-19/h2-4,13-15,20H,5-11H2,1H3,(H,21,22). The number of aromatic amines is 1. The van der Waals surface area contributed by atoms with E-state index in [9.17, 15) is 0 Å². The molecule has 4 fully saturated rings. The van der Waals surface area contributed by atoms with Gasteiger partial charge in [0, 0.05) is 5.54 Å². The van der Waals surface area contributed by atoms with Gasteiger partial charge < -0.3 is 10.3 Å². The van der Waals surface area contributed by atoms with E-state index in [0.29, 0.717) is 5.54 Å². The van der Waals surface area contributed by atoms with Crippen molar-refractivity contribution in [3.05, 3.63) is 29.6 Å². The number of hydrogen-bond donors (Lipinski definition) is 2. The fourth-order valence-electron chi connectivity index (χ4n) is 5.86. The molecule has 1 aromatic carbocycles. The normalized spacial score (nSPS) is 36.3. The van der Waals surface area contributed by atoms with Crippen LogP contribution < -0.4 is 5.32 Å². The molecule has 1 aromatic heterocycles. The lowest BCUT2D eigenvalue weighted by Gasteiger charge is -2.57. The fourth-order valence-corrected chi connectivity index (χ4v) is 5.86. The van der Waals surface area contributed by atoms with Crippen LogP contribution in [0, 0.1) is 24.7 Å². The highest BCUT2D eigenvalue weighted by atomic mass is 15.0. The van der Waals surface area contributed by atoms with Crippen LogP contribution >= 0.6 is 0 Å². The number of imidazole rings is 1. The summed E-state index contributed by atoms with van der Waals surface area (Å²) in [6.45, 7) is 3.02. The molecule has 0 aliphatic heterocycles. The minimum atomic E-state index is 0.420. The van der Waals surface area contributed by atoms with Gasteiger partial charge in [-0.05, 0) is 80.9 Å². The Morgan fingerprint density at radius 3 is 2.50 bits per heavy atom. The van der Waals surface area contributed by atoms with Gasteiger partial charge in [-0.15, -0.1) is 0 Å². The van der Waals surface area contributed by atoms with Gasteiger partial charge in [0.05, 0.1) is 17.6 Å². The topological polar surface area (TPSA) is 40.7 Å². The second kappa shape index (κ2) is 4.58. The first kappa shape index (κ1) is 13.1. The van der Waals surface area contributed by atoms with Crippen molar-refractivity contribution in [2.24, 2.45) is 17.8 Å². The van der Waals surface area contributed by atoms with Crippen LogP contribution in [0.4, 0.5) is 0 Å². The minimum absolute atomic E-state index is 0.420. The summed E-state index contributed by atoms with van der Waals surface area (Å²) in [5, 5.41) is 3.93. The van der Waals surface area contributed by atoms with Gasteiger partial charge in [0.25, 0.3) is 0 Å². The molecule has 22 heavy (non-hydrogen) atoms. The number of nitrogens with zero attached hydrogens (tertiary/aromatic N) is 1. The third-order valence-corrected chi connectivity index (χ3v) is 6.36. The molecule has 0 atom stereocenters. The van der Waals surface area contributed by atoms with Crippen LogP contribution in [-0.2, 0) is 6.54 Å². The minimum Gasteiger partial charge on any atom is -0.341 e. The molecule has 2 aromatic rings. The number of benzene rings is 1. The van der Waals surface area contributed by atoms with Crippen molar-refractivity contribution in [1.29, 1.82) is 0 Å². The molecular formula is C19H25N3. The van der Waals surface area contributed by atoms with Crippen LogP contribution in [0.3, 0.4) is 0 Å². The zero-order chi connectivity index (χ0) is 14.7. The summed E-state index contributed by atoms with van der Waals surface area (Å²) >= 11 is 0. The van der Waals surface area contributed by atoms with E-state index >= 15 is 0 Å². The summed E-state index contributed by atoms with van der Waals surface area (Å²) in [6.07, 6.45) is 8.72. The lowest BCUT2D eigenvalue weighted by molar-refractivity contribution is -0.0208. The molecule has 0 unspecified atom stereocenters. The predicted molar refractivity (Wildman–Crippen MR) is 88.6 cm³/mol. The summed E-state index contributed by atoms with van der Waals surface area (Å²) in [5.74, 6) is 4.09. The van der Waals surface area contributed by atoms with E-state index in [4.69, 9.17) is 4.98 Å². The summed E-state index contributed by atoms with van der Waals surface area (Å²) in [4.78, 5) is 8.25. The van der Waals surface area contributed by atoms with E-state index in [1.165, 1.54) is 49.6 Å². The second-order valence-corrected chi connectivity index (χ2v) is 8.26. The first-order valence-corrected chi connectivity index (χ1v) is 8.88. The Kier molecular flexibility index (Phi) is 2.73. The zero-order valence-electron chi connectivity index (χ0n) is 13.4. The van der Waals surface area contributed by atoms with E-state index in [2.05, 4.69) is 35.4 Å². The van der Waals surface area contributed by atoms with Gasteiger partial charge in [0.15, 0.2) is 0 Å². The average molecular weight is 295 g/mol. The van der Waals surface area contributed by atoms with Gasteiger partial charge in [0.1, 0.15) is 5.82 Å². The number of fused-ring (bicyclic) bond motifs is 1. The maximum atomic E-state index is 4.75. The molecule has 0 saturated heterocycles. The molecule has 0 radical (unpaired) electrons. The van der Waals surface area contributed by atoms with Gasteiger partial charge in [0.2, 0.25) is 0 Å². The maximum Gasteiger partial charge on any atom is 0.121 e. The van der Waals surface area contributed by atoms with Crippen LogP contribution in [0.5, 0.6) is 0 Å². The predicted octanol–water partition coefficient (Wildman–Crippen LogP) is 3.93. The zero-order valence-corrected chi connectivity index (χ0v) is 13.4. The Morgan fingerprint density at radius 2 is 1.82 bits per heavy atom. The van der Waals surface area contributed by atoms with Gasteiger partial charge in [-0.3, -0.25) is 0 Å². The number of aromatic nitrogens is 2. The van der Waals surface area contributed by atoms with Crippen LogP contribution in [0.25, 0.3) is 11.0 Å². The first-order chi connectivity index (χ1) is 10.7. The highest BCUT2D eigenvalue weighted by molar-refractivity contribution is 5.75. The van der Waals surface area contributed by atoms with Crippen molar-refractivity contribution in [3.8, 4) is 0 Å². The summed E-state index contributed by atoms with van der Waals surface area (Å²) in [5.41, 5.74) is 3.97. The molecule has 6 rings (SSSR count). The highest BCUT2D eigenvalue weighted by Crippen LogP contribution is 2.55. The Bertz CT molecular complexity index is 679. The van der Waals surface area contributed by atoms with E-state index in [-0.39, 0.29) is 0 Å². The summed E-state index contributed by atoms with van der Waals surface area (Å²) in [6, 6.07) is 6.45. The van der Waals surface area contributed by atoms with Gasteiger partial charge in [-0.2, -0.15) is 0 Å². The lowest BCUT2D eigenvalue weighted by Crippen LogP contribution is -2.58. The first-order valence-electron chi connectivity index (χ1n) is 8.88. The van der Waals surface area contributed by atoms with Crippen LogP contribution in [-0.4, -0.2) is 15.5 Å². The van der Waals surface area contributed by atoms with Crippen molar-refractivity contribution in [2.45, 2.75) is 57.5 Å². The van der Waals surface area contributed by atoms with E-state index in [0.717, 1.165) is 35.6 Å². The fraction of sp³-hybridized carbons (Fsp3) is 0.632. The molecule has 4 bridgehead atoms. The smallest absolute Gasteiger partial charge is 0.121 e. The molecule has 3 heteroatoms. The van der Waals surface area contributed by atoms with E-state index < -0.39 is 0 Å². The van der Waals surface area contributed by atoms with Crippen LogP contribution in [0.1, 0.15) is 49.9 Å². The monoisotopic (exact) mass is 295 g/mol. The number of rotatable bonds is 3. The molecule has 3 nitrogen and oxygen atoms in total. The van der Waals surface area contributed by atoms with Crippen LogP contribution in [0.2, 0.25) is 0 Å². The Hall–Kier alpha value is -1.35. The van der Waals surface area contributed by atoms with Gasteiger partial charge >= 0.3 is 0 Å². The van der Waals surface area contributed by atoms with Crippen LogP contribution in [0.15, 0.2) is 18.2 Å². The Balaban J connectivity index is 1.35. The van der Waals surface area contributed by atoms with Crippen molar-refractivity contribution in [1.82, 2.24) is 15.3 Å². The van der Waals surface area contributed by atoms with Gasteiger partial charge in [-0.25, -0.2) is 4.98 Å². The average Bonchev–Trinajstić information content (AvgIpc) is 2.86.